The molecule has 2 amide bonds. The van der Waals surface area contributed by atoms with Gasteiger partial charge in [-0.25, -0.2) is 0 Å². The molecule has 2 aromatic rings. The van der Waals surface area contributed by atoms with Gasteiger partial charge in [0, 0.05) is 30.2 Å². The molecule has 4 nitrogen and oxygen atoms in total. The number of para-hydroxylation sites is 1. The fourth-order valence-electron chi connectivity index (χ4n) is 3.28. The highest BCUT2D eigenvalue weighted by Gasteiger charge is 2.28. The van der Waals surface area contributed by atoms with Gasteiger partial charge in [-0.1, -0.05) is 48.0 Å². The second kappa shape index (κ2) is 8.86. The normalized spacial score (nSPS) is 17.0. The summed E-state index contributed by atoms with van der Waals surface area (Å²) in [5.41, 5.74) is 1.78. The zero-order chi connectivity index (χ0) is 18.4. The van der Waals surface area contributed by atoms with E-state index in [1.54, 1.807) is 0 Å². The van der Waals surface area contributed by atoms with Crippen LogP contribution in [0.5, 0.6) is 0 Å². The van der Waals surface area contributed by atoms with E-state index in [0.717, 1.165) is 30.6 Å². The molecule has 1 saturated heterocycles. The van der Waals surface area contributed by atoms with E-state index < -0.39 is 0 Å². The van der Waals surface area contributed by atoms with Gasteiger partial charge >= 0.3 is 0 Å². The van der Waals surface area contributed by atoms with Crippen molar-refractivity contribution in [2.45, 2.75) is 25.7 Å². The standard InChI is InChI=1S/C21H23ClN2O2/c22-19-11-5-4-7-16(19)12-13-20(25)24-14-6-8-17(15-24)21(26)23-18-9-2-1-3-10-18/h1-5,7,9-11,17H,6,8,12-15H2,(H,23,26). The summed E-state index contributed by atoms with van der Waals surface area (Å²) in [5.74, 6) is -0.0878. The number of aryl methyl sites for hydroxylation is 1. The number of amides is 2. The van der Waals surface area contributed by atoms with Crippen molar-refractivity contribution in [2.75, 3.05) is 18.4 Å². The molecular weight excluding hydrogens is 348 g/mol. The number of likely N-dealkylation sites (tertiary alicyclic amines) is 1. The van der Waals surface area contributed by atoms with E-state index >= 15 is 0 Å². The van der Waals surface area contributed by atoms with Crippen LogP contribution in [0, 0.1) is 5.92 Å². The lowest BCUT2D eigenvalue weighted by molar-refractivity contribution is -0.134. The lowest BCUT2D eigenvalue weighted by Crippen LogP contribution is -2.43. The highest BCUT2D eigenvalue weighted by atomic mass is 35.5. The van der Waals surface area contributed by atoms with Crippen LogP contribution in [0.25, 0.3) is 0 Å². The summed E-state index contributed by atoms with van der Waals surface area (Å²) in [4.78, 5) is 26.9. The number of nitrogens with zero attached hydrogens (tertiary/aromatic N) is 1. The van der Waals surface area contributed by atoms with E-state index in [1.165, 1.54) is 0 Å². The molecule has 0 aliphatic carbocycles. The van der Waals surface area contributed by atoms with Gasteiger partial charge in [-0.05, 0) is 43.0 Å². The fourth-order valence-corrected chi connectivity index (χ4v) is 3.51. The second-order valence-electron chi connectivity index (χ2n) is 6.63. The number of hydrogen-bond acceptors (Lipinski definition) is 2. The number of hydrogen-bond donors (Lipinski definition) is 1. The molecule has 1 unspecified atom stereocenters. The van der Waals surface area contributed by atoms with Crippen LogP contribution in [-0.2, 0) is 16.0 Å². The van der Waals surface area contributed by atoms with Crippen molar-refractivity contribution in [3.63, 3.8) is 0 Å². The van der Waals surface area contributed by atoms with Crippen molar-refractivity contribution < 1.29 is 9.59 Å². The number of nitrogens with one attached hydrogen (secondary N) is 1. The largest absolute Gasteiger partial charge is 0.342 e. The number of halogens is 1. The van der Waals surface area contributed by atoms with Crippen molar-refractivity contribution in [2.24, 2.45) is 5.92 Å². The molecule has 0 radical (unpaired) electrons. The van der Waals surface area contributed by atoms with E-state index in [4.69, 9.17) is 11.6 Å². The number of benzene rings is 2. The average Bonchev–Trinajstić information content (AvgIpc) is 2.68. The van der Waals surface area contributed by atoms with Crippen LogP contribution < -0.4 is 5.32 Å². The van der Waals surface area contributed by atoms with Gasteiger partial charge in [-0.15, -0.1) is 0 Å². The Morgan fingerprint density at radius 1 is 1.08 bits per heavy atom. The van der Waals surface area contributed by atoms with Crippen molar-refractivity contribution in [1.29, 1.82) is 0 Å². The van der Waals surface area contributed by atoms with Crippen LogP contribution in [0.15, 0.2) is 54.6 Å². The molecule has 5 heteroatoms. The van der Waals surface area contributed by atoms with Crippen LogP contribution in [0.3, 0.4) is 0 Å². The smallest absolute Gasteiger partial charge is 0.229 e. The van der Waals surface area contributed by atoms with Gasteiger partial charge in [0.25, 0.3) is 0 Å². The van der Waals surface area contributed by atoms with Crippen LogP contribution in [0.4, 0.5) is 5.69 Å². The van der Waals surface area contributed by atoms with Gasteiger partial charge in [0.05, 0.1) is 5.92 Å². The Morgan fingerprint density at radius 2 is 1.81 bits per heavy atom. The summed E-state index contributed by atoms with van der Waals surface area (Å²) in [7, 11) is 0. The molecule has 0 saturated carbocycles. The van der Waals surface area contributed by atoms with E-state index in [2.05, 4.69) is 5.32 Å². The zero-order valence-electron chi connectivity index (χ0n) is 14.7. The lowest BCUT2D eigenvalue weighted by Gasteiger charge is -2.32. The topological polar surface area (TPSA) is 49.4 Å². The molecule has 1 aliphatic heterocycles. The quantitative estimate of drug-likeness (QED) is 0.859. The van der Waals surface area contributed by atoms with Gasteiger partial charge in [0.15, 0.2) is 0 Å². The molecule has 2 aromatic carbocycles. The third-order valence-electron chi connectivity index (χ3n) is 4.75. The highest BCUT2D eigenvalue weighted by Crippen LogP contribution is 2.21. The molecule has 3 rings (SSSR count). The van der Waals surface area contributed by atoms with Crippen LogP contribution in [0.2, 0.25) is 5.02 Å². The van der Waals surface area contributed by atoms with Crippen LogP contribution >= 0.6 is 11.6 Å². The first-order chi connectivity index (χ1) is 12.6. The third-order valence-corrected chi connectivity index (χ3v) is 5.12. The Hall–Kier alpha value is -2.33. The lowest BCUT2D eigenvalue weighted by atomic mass is 9.96. The number of carbonyl (C=O) groups excluding carboxylic acids is 2. The molecule has 1 aliphatic rings. The molecule has 0 bridgehead atoms. The van der Waals surface area contributed by atoms with Crippen molar-refractivity contribution >= 4 is 29.1 Å². The number of carbonyl (C=O) groups is 2. The number of rotatable bonds is 5. The Kier molecular flexibility index (Phi) is 6.29. The van der Waals surface area contributed by atoms with E-state index in [1.807, 2.05) is 59.5 Å². The molecule has 1 N–H and O–H groups in total. The zero-order valence-corrected chi connectivity index (χ0v) is 15.4. The third kappa shape index (κ3) is 4.85. The minimum Gasteiger partial charge on any atom is -0.342 e. The Morgan fingerprint density at radius 3 is 2.58 bits per heavy atom. The molecule has 0 spiro atoms. The van der Waals surface area contributed by atoms with E-state index in [0.29, 0.717) is 24.4 Å². The molecule has 1 heterocycles. The molecule has 0 aromatic heterocycles. The molecule has 1 fully saturated rings. The molecule has 136 valence electrons. The molecule has 1 atom stereocenters. The number of piperidine rings is 1. The van der Waals surface area contributed by atoms with Crippen LogP contribution in [0.1, 0.15) is 24.8 Å². The van der Waals surface area contributed by atoms with E-state index in [-0.39, 0.29) is 17.7 Å². The minimum absolute atomic E-state index is 0.0141. The van der Waals surface area contributed by atoms with E-state index in [9.17, 15) is 9.59 Å². The minimum atomic E-state index is -0.159. The molecule has 26 heavy (non-hydrogen) atoms. The fraction of sp³-hybridized carbons (Fsp3) is 0.333. The summed E-state index contributed by atoms with van der Waals surface area (Å²) < 4.78 is 0. The Labute approximate surface area is 159 Å². The second-order valence-corrected chi connectivity index (χ2v) is 7.03. The Balaban J connectivity index is 1.53. The maximum Gasteiger partial charge on any atom is 0.229 e. The maximum atomic E-state index is 12.6. The summed E-state index contributed by atoms with van der Waals surface area (Å²) in [6.45, 7) is 1.20. The SMILES string of the molecule is O=C(Nc1ccccc1)C1CCCN(C(=O)CCc2ccccc2Cl)C1. The van der Waals surface area contributed by atoms with Crippen molar-refractivity contribution in [1.82, 2.24) is 4.90 Å². The average molecular weight is 371 g/mol. The van der Waals surface area contributed by atoms with Gasteiger partial charge < -0.3 is 10.2 Å². The monoisotopic (exact) mass is 370 g/mol. The number of anilines is 1. The Bertz CT molecular complexity index is 764. The molecular formula is C21H23ClN2O2. The first-order valence-electron chi connectivity index (χ1n) is 9.00. The predicted molar refractivity (Wildman–Crippen MR) is 104 cm³/mol. The van der Waals surface area contributed by atoms with Gasteiger partial charge in [-0.2, -0.15) is 0 Å². The van der Waals surface area contributed by atoms with Gasteiger partial charge in [0.2, 0.25) is 11.8 Å². The van der Waals surface area contributed by atoms with Gasteiger partial charge in [0.1, 0.15) is 0 Å². The highest BCUT2D eigenvalue weighted by molar-refractivity contribution is 6.31. The summed E-state index contributed by atoms with van der Waals surface area (Å²) >= 11 is 6.16. The first kappa shape index (κ1) is 18.5. The first-order valence-corrected chi connectivity index (χ1v) is 9.38. The summed E-state index contributed by atoms with van der Waals surface area (Å²) in [5, 5.41) is 3.64. The van der Waals surface area contributed by atoms with Crippen molar-refractivity contribution in [3.8, 4) is 0 Å². The van der Waals surface area contributed by atoms with Crippen LogP contribution in [-0.4, -0.2) is 29.8 Å². The van der Waals surface area contributed by atoms with Crippen molar-refractivity contribution in [3.05, 3.63) is 65.2 Å². The summed E-state index contributed by atoms with van der Waals surface area (Å²) in [6, 6.07) is 17.0. The summed E-state index contributed by atoms with van der Waals surface area (Å²) in [6.07, 6.45) is 2.70. The van der Waals surface area contributed by atoms with Gasteiger partial charge in [-0.3, -0.25) is 9.59 Å². The maximum absolute atomic E-state index is 12.6. The predicted octanol–water partition coefficient (Wildman–Crippen LogP) is 4.15.